The number of carbonyl (C=O) groups is 1. The molecule has 0 aromatic carbocycles. The maximum absolute atomic E-state index is 10.1. The van der Waals surface area contributed by atoms with Crippen molar-refractivity contribution < 1.29 is 26.0 Å². The molecule has 0 N–H and O–H groups in total. The zero-order chi connectivity index (χ0) is 5.82. The summed E-state index contributed by atoms with van der Waals surface area (Å²) in [5.41, 5.74) is 0. The van der Waals surface area contributed by atoms with Crippen LogP contribution in [0.1, 0.15) is 0 Å². The van der Waals surface area contributed by atoms with Gasteiger partial charge in [0.25, 0.3) is 0 Å². The Morgan fingerprint density at radius 2 is 2.62 bits per heavy atom. The van der Waals surface area contributed by atoms with Crippen LogP contribution in [0, 0.1) is 0 Å². The van der Waals surface area contributed by atoms with Crippen LogP contribution in [0.2, 0.25) is 0 Å². The summed E-state index contributed by atoms with van der Waals surface area (Å²) in [5, 5.41) is 0. The summed E-state index contributed by atoms with van der Waals surface area (Å²) in [6, 6.07) is 0. The third kappa shape index (κ3) is 1.93. The Kier molecular flexibility index (Phi) is 3.18. The van der Waals surface area contributed by atoms with Crippen molar-refractivity contribution in [2.75, 3.05) is 0 Å². The summed E-state index contributed by atoms with van der Waals surface area (Å²) in [5.74, 6) is 0. The molecule has 0 aliphatic carbocycles. The van der Waals surface area contributed by atoms with Crippen molar-refractivity contribution in [1.29, 1.82) is 0 Å². The van der Waals surface area contributed by atoms with Gasteiger partial charge in [-0.05, 0) is 0 Å². The summed E-state index contributed by atoms with van der Waals surface area (Å²) in [6.07, 6.45) is 1.08. The van der Waals surface area contributed by atoms with Gasteiger partial charge in [0.05, 0.1) is 0 Å². The van der Waals surface area contributed by atoms with Crippen LogP contribution in [0.15, 0.2) is 8.17 Å². The first-order valence-electron chi connectivity index (χ1n) is 2.11. The zero-order valence-corrected chi connectivity index (χ0v) is 8.37. The van der Waals surface area contributed by atoms with E-state index < -0.39 is 0 Å². The predicted molar refractivity (Wildman–Crippen MR) is 39.1 cm³/mol. The fourth-order valence-corrected chi connectivity index (χ4v) is 6.47. The molecule has 0 radical (unpaired) electrons. The van der Waals surface area contributed by atoms with Gasteiger partial charge in [0.15, 0.2) is 0 Å². The van der Waals surface area contributed by atoms with Crippen molar-refractivity contribution in [3.05, 3.63) is 8.17 Å². The number of hydrogen-bond donors (Lipinski definition) is 0. The Morgan fingerprint density at radius 3 is 3.00 bits per heavy atom. The monoisotopic (exact) mass is 335 g/mol. The van der Waals surface area contributed by atoms with Crippen molar-refractivity contribution in [1.82, 2.24) is 0 Å². The van der Waals surface area contributed by atoms with Gasteiger partial charge in [-0.2, -0.15) is 0 Å². The third-order valence-electron chi connectivity index (χ3n) is 0.662. The van der Waals surface area contributed by atoms with Crippen LogP contribution in [0.5, 0.6) is 0 Å². The molecule has 0 amide bonds. The molecule has 3 heteroatoms. The van der Waals surface area contributed by atoms with E-state index in [2.05, 4.69) is 12.2 Å². The molecule has 0 aromatic heterocycles. The Labute approximate surface area is 68.5 Å². The van der Waals surface area contributed by atoms with Crippen molar-refractivity contribution >= 4 is 31.0 Å². The molecule has 0 aromatic rings. The molecule has 0 saturated heterocycles. The van der Waals surface area contributed by atoms with Gasteiger partial charge >= 0.3 is 69.1 Å². The second-order valence-corrected chi connectivity index (χ2v) is 6.24. The molecule has 1 nitrogen and oxygen atoms in total. The Bertz CT molecular complexity index is 139. The molecule has 0 saturated carbocycles. The summed E-state index contributed by atoms with van der Waals surface area (Å²) in [7, 11) is 0. The average molecular weight is 335 g/mol. The van der Waals surface area contributed by atoms with Crippen LogP contribution in [-0.4, -0.2) is 14.2 Å². The third-order valence-corrected chi connectivity index (χ3v) is 7.64. The van der Waals surface area contributed by atoms with Gasteiger partial charge < -0.3 is 0 Å². The van der Waals surface area contributed by atoms with E-state index in [4.69, 9.17) is 0 Å². The van der Waals surface area contributed by atoms with E-state index in [0.717, 1.165) is 6.29 Å². The quantitative estimate of drug-likeness (QED) is 0.305. The normalized spacial score (nSPS) is 27.8. The van der Waals surface area contributed by atoms with Crippen LogP contribution >= 0.6 is 20.7 Å². The Morgan fingerprint density at radius 1 is 1.75 bits per heavy atom. The minimum absolute atomic E-state index is 0.0721. The second-order valence-electron chi connectivity index (χ2n) is 1.21. The van der Waals surface area contributed by atoms with Crippen LogP contribution in [0.25, 0.3) is 0 Å². The summed E-state index contributed by atoms with van der Waals surface area (Å²) in [6.45, 7) is 0. The minimum atomic E-state index is 0.0721. The van der Waals surface area contributed by atoms with Crippen LogP contribution in [0.4, 0.5) is 0 Å². The maximum atomic E-state index is 10.1. The SMILES string of the molecule is O=CC1C=IC=C[I-]1. The van der Waals surface area contributed by atoms with Crippen molar-refractivity contribution in [3.8, 4) is 0 Å². The first kappa shape index (κ1) is 6.85. The predicted octanol–water partition coefficient (Wildman–Crippen LogP) is -2.10. The summed E-state index contributed by atoms with van der Waals surface area (Å²) < 4.78 is 7.00. The molecular formula is C5H5I2O-. The van der Waals surface area contributed by atoms with Gasteiger partial charge in [-0.3, -0.25) is 0 Å². The molecule has 1 unspecified atom stereocenters. The Hall–Kier alpha value is 0.740. The van der Waals surface area contributed by atoms with Crippen LogP contribution in [-0.2, 0) is 4.79 Å². The molecule has 1 atom stereocenters. The van der Waals surface area contributed by atoms with Crippen molar-refractivity contribution in [2.24, 2.45) is 0 Å². The molecule has 1 rings (SSSR count). The molecule has 8 heavy (non-hydrogen) atoms. The number of hydrogen-bond acceptors (Lipinski definition) is 1. The van der Waals surface area contributed by atoms with Gasteiger partial charge in [-0.25, -0.2) is 0 Å². The first-order valence-corrected chi connectivity index (χ1v) is 7.09. The Balaban J connectivity index is 2.51. The van der Waals surface area contributed by atoms with E-state index in [9.17, 15) is 4.79 Å². The van der Waals surface area contributed by atoms with E-state index in [1.165, 1.54) is 0 Å². The molecule has 1 aliphatic heterocycles. The van der Waals surface area contributed by atoms with Crippen molar-refractivity contribution in [2.45, 2.75) is 3.92 Å². The molecule has 0 spiro atoms. The fraction of sp³-hybridized carbons (Fsp3) is 0.200. The number of aldehydes is 1. The molecule has 46 valence electrons. The zero-order valence-electron chi connectivity index (χ0n) is 4.05. The van der Waals surface area contributed by atoms with Gasteiger partial charge in [-0.15, -0.1) is 0 Å². The number of alkyl halides is 1. The standard InChI is InChI=1S/C5H5I2O/c8-4-5-3-6-1-2-7-5/h1-5H/q-1. The van der Waals surface area contributed by atoms with Crippen molar-refractivity contribution in [3.63, 3.8) is 0 Å². The average Bonchev–Trinajstić information content (AvgIpc) is 1.90. The van der Waals surface area contributed by atoms with Gasteiger partial charge in [0, 0.05) is 0 Å². The molecule has 0 bridgehead atoms. The number of halogens is 2. The van der Waals surface area contributed by atoms with E-state index >= 15 is 0 Å². The summed E-state index contributed by atoms with van der Waals surface area (Å²) in [4.78, 5) is 10.1. The second kappa shape index (κ2) is 3.71. The van der Waals surface area contributed by atoms with Crippen LogP contribution in [0.3, 0.4) is 0 Å². The number of carbonyl (C=O) groups excluding carboxylic acids is 1. The fourth-order valence-electron chi connectivity index (χ4n) is 0.337. The van der Waals surface area contributed by atoms with E-state index in [1.54, 1.807) is 0 Å². The first-order chi connectivity index (χ1) is 3.93. The van der Waals surface area contributed by atoms with E-state index in [1.807, 2.05) is 0 Å². The van der Waals surface area contributed by atoms with E-state index in [0.29, 0.717) is 3.92 Å². The summed E-state index contributed by atoms with van der Waals surface area (Å²) >= 11 is 0.231. The molecule has 1 aliphatic rings. The van der Waals surface area contributed by atoms with E-state index in [-0.39, 0.29) is 41.9 Å². The molecular weight excluding hydrogens is 330 g/mol. The van der Waals surface area contributed by atoms with Gasteiger partial charge in [0.2, 0.25) is 0 Å². The number of rotatable bonds is 1. The molecule has 0 fully saturated rings. The topological polar surface area (TPSA) is 17.1 Å². The van der Waals surface area contributed by atoms with Crippen LogP contribution < -0.4 is 21.2 Å². The van der Waals surface area contributed by atoms with Gasteiger partial charge in [0.1, 0.15) is 0 Å². The molecule has 1 heterocycles. The van der Waals surface area contributed by atoms with Gasteiger partial charge in [-0.1, -0.05) is 0 Å².